The first kappa shape index (κ1) is 19.5. The summed E-state index contributed by atoms with van der Waals surface area (Å²) in [4.78, 5) is 0.172. The molecule has 0 aromatic heterocycles. The molecule has 0 unspecified atom stereocenters. The Kier molecular flexibility index (Phi) is 7.27. The van der Waals surface area contributed by atoms with E-state index in [0.717, 1.165) is 0 Å². The lowest BCUT2D eigenvalue weighted by Gasteiger charge is -2.36. The standard InChI is InChI=1S/C12H20F7N/c1-3-5-7-20(8-6-4-2)12(18,19)10(13,14)9-11(15,16)17/h3-9H2,1-2H3. The number of rotatable bonds is 9. The number of hydrogen-bond acceptors (Lipinski definition) is 1. The van der Waals surface area contributed by atoms with E-state index in [1.807, 2.05) is 0 Å². The van der Waals surface area contributed by atoms with Crippen LogP contribution < -0.4 is 0 Å². The van der Waals surface area contributed by atoms with E-state index in [1.165, 1.54) is 0 Å². The molecule has 1 nitrogen and oxygen atoms in total. The Morgan fingerprint density at radius 3 is 1.45 bits per heavy atom. The Morgan fingerprint density at radius 2 is 1.15 bits per heavy atom. The quantitative estimate of drug-likeness (QED) is 0.424. The van der Waals surface area contributed by atoms with Gasteiger partial charge >= 0.3 is 18.1 Å². The van der Waals surface area contributed by atoms with Crippen LogP contribution in [0.15, 0.2) is 0 Å². The molecule has 0 heterocycles. The van der Waals surface area contributed by atoms with Crippen LogP contribution >= 0.6 is 0 Å². The monoisotopic (exact) mass is 311 g/mol. The lowest BCUT2D eigenvalue weighted by molar-refractivity contribution is -0.315. The molecule has 0 aromatic carbocycles. The highest BCUT2D eigenvalue weighted by atomic mass is 19.4. The van der Waals surface area contributed by atoms with Crippen molar-refractivity contribution in [2.75, 3.05) is 13.1 Å². The van der Waals surface area contributed by atoms with Crippen molar-refractivity contribution in [3.05, 3.63) is 0 Å². The van der Waals surface area contributed by atoms with Crippen molar-refractivity contribution >= 4 is 0 Å². The van der Waals surface area contributed by atoms with Gasteiger partial charge in [-0.05, 0) is 12.8 Å². The zero-order chi connectivity index (χ0) is 16.0. The minimum absolute atomic E-state index is 0.172. The Balaban J connectivity index is 5.05. The molecule has 0 aliphatic carbocycles. The summed E-state index contributed by atoms with van der Waals surface area (Å²) in [5.41, 5.74) is 0. The van der Waals surface area contributed by atoms with E-state index >= 15 is 0 Å². The van der Waals surface area contributed by atoms with E-state index in [2.05, 4.69) is 0 Å². The van der Waals surface area contributed by atoms with E-state index in [4.69, 9.17) is 0 Å². The summed E-state index contributed by atoms with van der Waals surface area (Å²) in [6, 6.07) is -4.80. The van der Waals surface area contributed by atoms with Gasteiger partial charge < -0.3 is 0 Å². The smallest absolute Gasteiger partial charge is 0.239 e. The van der Waals surface area contributed by atoms with Crippen molar-refractivity contribution in [3.8, 4) is 0 Å². The molecule has 0 saturated heterocycles. The summed E-state index contributed by atoms with van der Waals surface area (Å²) in [5.74, 6) is -5.13. The summed E-state index contributed by atoms with van der Waals surface area (Å²) in [6.45, 7) is 2.67. The fourth-order valence-corrected chi connectivity index (χ4v) is 1.68. The first-order valence-corrected chi connectivity index (χ1v) is 6.55. The maximum Gasteiger partial charge on any atom is 0.395 e. The molecule has 0 rings (SSSR count). The molecule has 0 radical (unpaired) electrons. The highest BCUT2D eigenvalue weighted by Gasteiger charge is 2.63. The Morgan fingerprint density at radius 1 is 0.750 bits per heavy atom. The molecular weight excluding hydrogens is 291 g/mol. The SMILES string of the molecule is CCCCN(CCCC)C(F)(F)C(F)(F)CC(F)(F)F. The van der Waals surface area contributed by atoms with Gasteiger partial charge in [0.1, 0.15) is 6.42 Å². The third-order valence-corrected chi connectivity index (χ3v) is 2.82. The van der Waals surface area contributed by atoms with Gasteiger partial charge in [0.2, 0.25) is 0 Å². The van der Waals surface area contributed by atoms with Crippen LogP contribution in [0.25, 0.3) is 0 Å². The number of nitrogens with zero attached hydrogens (tertiary/aromatic N) is 1. The van der Waals surface area contributed by atoms with E-state index in [-0.39, 0.29) is 30.8 Å². The van der Waals surface area contributed by atoms with Gasteiger partial charge in [-0.15, -0.1) is 0 Å². The molecule has 0 bridgehead atoms. The zero-order valence-corrected chi connectivity index (χ0v) is 11.5. The highest BCUT2D eigenvalue weighted by molar-refractivity contribution is 4.87. The van der Waals surface area contributed by atoms with Crippen molar-refractivity contribution < 1.29 is 30.7 Å². The second-order valence-corrected chi connectivity index (χ2v) is 4.73. The van der Waals surface area contributed by atoms with Gasteiger partial charge in [0.15, 0.2) is 0 Å². The van der Waals surface area contributed by atoms with Gasteiger partial charge in [-0.2, -0.15) is 30.7 Å². The first-order valence-electron chi connectivity index (χ1n) is 6.55. The summed E-state index contributed by atoms with van der Waals surface area (Å²) in [6.07, 6.45) is -6.73. The Hall–Kier alpha value is -0.530. The van der Waals surface area contributed by atoms with Gasteiger partial charge in [0.25, 0.3) is 0 Å². The maximum atomic E-state index is 13.7. The van der Waals surface area contributed by atoms with Crippen LogP contribution in [-0.4, -0.2) is 36.1 Å². The van der Waals surface area contributed by atoms with E-state index < -0.39 is 24.6 Å². The van der Waals surface area contributed by atoms with Crippen molar-refractivity contribution in [2.24, 2.45) is 0 Å². The van der Waals surface area contributed by atoms with Gasteiger partial charge in [0.05, 0.1) is 0 Å². The van der Waals surface area contributed by atoms with Gasteiger partial charge in [-0.25, -0.2) is 4.90 Å². The number of halogens is 7. The number of unbranched alkanes of at least 4 members (excludes halogenated alkanes) is 2. The lowest BCUT2D eigenvalue weighted by Crippen LogP contribution is -2.56. The van der Waals surface area contributed by atoms with Gasteiger partial charge in [0, 0.05) is 13.1 Å². The second kappa shape index (κ2) is 7.47. The highest BCUT2D eigenvalue weighted by Crippen LogP contribution is 2.44. The van der Waals surface area contributed by atoms with E-state index in [1.54, 1.807) is 13.8 Å². The van der Waals surface area contributed by atoms with Crippen molar-refractivity contribution in [2.45, 2.75) is 64.1 Å². The summed E-state index contributed by atoms with van der Waals surface area (Å²) in [5, 5.41) is 0. The summed E-state index contributed by atoms with van der Waals surface area (Å²) >= 11 is 0. The van der Waals surface area contributed by atoms with Crippen LogP contribution in [0.1, 0.15) is 46.0 Å². The molecule has 0 aromatic rings. The molecule has 0 aliphatic heterocycles. The molecule has 0 fully saturated rings. The van der Waals surface area contributed by atoms with Crippen LogP contribution in [0.2, 0.25) is 0 Å². The topological polar surface area (TPSA) is 3.24 Å². The maximum absolute atomic E-state index is 13.7. The predicted molar refractivity (Wildman–Crippen MR) is 62.0 cm³/mol. The molecule has 8 heteroatoms. The molecule has 0 amide bonds. The lowest BCUT2D eigenvalue weighted by atomic mass is 10.1. The Labute approximate surface area is 114 Å². The second-order valence-electron chi connectivity index (χ2n) is 4.73. The van der Waals surface area contributed by atoms with Crippen LogP contribution in [0, 0.1) is 0 Å². The van der Waals surface area contributed by atoms with E-state index in [9.17, 15) is 30.7 Å². The minimum Gasteiger partial charge on any atom is -0.239 e. The third kappa shape index (κ3) is 5.85. The Bertz CT molecular complexity index is 267. The van der Waals surface area contributed by atoms with Crippen LogP contribution in [0.5, 0.6) is 0 Å². The van der Waals surface area contributed by atoms with Crippen molar-refractivity contribution in [1.29, 1.82) is 0 Å². The molecule has 0 N–H and O–H groups in total. The van der Waals surface area contributed by atoms with Crippen LogP contribution in [0.4, 0.5) is 30.7 Å². The van der Waals surface area contributed by atoms with Gasteiger partial charge in [-0.3, -0.25) is 0 Å². The molecule has 0 spiro atoms. The normalized spacial score (nSPS) is 14.1. The fourth-order valence-electron chi connectivity index (χ4n) is 1.68. The summed E-state index contributed by atoms with van der Waals surface area (Å²) in [7, 11) is 0. The first-order chi connectivity index (χ1) is 8.98. The fraction of sp³-hybridized carbons (Fsp3) is 1.00. The molecule has 122 valence electrons. The minimum atomic E-state index is -5.34. The van der Waals surface area contributed by atoms with Crippen LogP contribution in [0.3, 0.4) is 0 Å². The number of alkyl halides is 7. The molecule has 0 atom stereocenters. The van der Waals surface area contributed by atoms with Crippen molar-refractivity contribution in [3.63, 3.8) is 0 Å². The largest absolute Gasteiger partial charge is 0.395 e. The van der Waals surface area contributed by atoms with Gasteiger partial charge in [-0.1, -0.05) is 26.7 Å². The molecule has 0 aliphatic rings. The molecular formula is C12H20F7N. The van der Waals surface area contributed by atoms with E-state index in [0.29, 0.717) is 12.8 Å². The predicted octanol–water partition coefficient (Wildman–Crippen LogP) is 5.07. The number of hydrogen-bond donors (Lipinski definition) is 0. The van der Waals surface area contributed by atoms with Crippen LogP contribution in [-0.2, 0) is 0 Å². The molecule has 0 saturated carbocycles. The summed E-state index contributed by atoms with van der Waals surface area (Å²) < 4.78 is 90.1. The van der Waals surface area contributed by atoms with Crippen molar-refractivity contribution in [1.82, 2.24) is 4.90 Å². The average molecular weight is 311 g/mol. The third-order valence-electron chi connectivity index (χ3n) is 2.82. The zero-order valence-electron chi connectivity index (χ0n) is 11.5. The molecule has 20 heavy (non-hydrogen) atoms. The average Bonchev–Trinajstić information content (AvgIpc) is 2.25.